The molecule has 0 aliphatic rings. The molecule has 0 spiro atoms. The van der Waals surface area contributed by atoms with Crippen LogP contribution in [0.2, 0.25) is 0 Å². The highest BCUT2D eigenvalue weighted by Gasteiger charge is 2.12. The van der Waals surface area contributed by atoms with Crippen LogP contribution in [0.1, 0.15) is 33.9 Å². The highest BCUT2D eigenvalue weighted by Crippen LogP contribution is 2.25. The zero-order valence-corrected chi connectivity index (χ0v) is 11.8. The fourth-order valence-electron chi connectivity index (χ4n) is 2.26. The van der Waals surface area contributed by atoms with Crippen LogP contribution in [-0.4, -0.2) is 12.2 Å². The number of aliphatic hydroxyl groups excluding tert-OH is 1. The lowest BCUT2D eigenvalue weighted by atomic mass is 9.95. The van der Waals surface area contributed by atoms with Crippen LogP contribution in [0.5, 0.6) is 0 Å². The van der Waals surface area contributed by atoms with Gasteiger partial charge in [0.1, 0.15) is 6.10 Å². The molecule has 19 heavy (non-hydrogen) atoms. The van der Waals surface area contributed by atoms with Gasteiger partial charge in [-0.3, -0.25) is 0 Å². The molecule has 2 N–H and O–H groups in total. The van der Waals surface area contributed by atoms with Gasteiger partial charge in [0.15, 0.2) is 0 Å². The van der Waals surface area contributed by atoms with Crippen molar-refractivity contribution < 1.29 is 5.11 Å². The van der Waals surface area contributed by atoms with Crippen LogP contribution in [0.3, 0.4) is 0 Å². The predicted octanol–water partition coefficient (Wildman–Crippen LogP) is 3.10. The Labute approximate surface area is 115 Å². The number of hydrogen-bond donors (Lipinski definition) is 2. The SMILES string of the molecule is CNCc1ccc(C(O)c2cc(C)ccc2C)cc1. The van der Waals surface area contributed by atoms with Gasteiger partial charge in [0.05, 0.1) is 0 Å². The fourth-order valence-corrected chi connectivity index (χ4v) is 2.26. The number of benzene rings is 2. The van der Waals surface area contributed by atoms with Gasteiger partial charge in [0.25, 0.3) is 0 Å². The van der Waals surface area contributed by atoms with E-state index < -0.39 is 6.10 Å². The molecule has 2 aromatic rings. The van der Waals surface area contributed by atoms with E-state index >= 15 is 0 Å². The second kappa shape index (κ2) is 6.00. The Bertz CT molecular complexity index is 546. The van der Waals surface area contributed by atoms with Crippen molar-refractivity contribution in [2.75, 3.05) is 7.05 Å². The van der Waals surface area contributed by atoms with Crippen LogP contribution in [0.4, 0.5) is 0 Å². The highest BCUT2D eigenvalue weighted by atomic mass is 16.3. The van der Waals surface area contributed by atoms with Crippen LogP contribution >= 0.6 is 0 Å². The smallest absolute Gasteiger partial charge is 0.104 e. The summed E-state index contributed by atoms with van der Waals surface area (Å²) in [7, 11) is 1.93. The summed E-state index contributed by atoms with van der Waals surface area (Å²) in [4.78, 5) is 0. The summed E-state index contributed by atoms with van der Waals surface area (Å²) in [5.41, 5.74) is 5.44. The van der Waals surface area contributed by atoms with Crippen molar-refractivity contribution in [2.45, 2.75) is 26.5 Å². The summed E-state index contributed by atoms with van der Waals surface area (Å²) < 4.78 is 0. The summed E-state index contributed by atoms with van der Waals surface area (Å²) in [6.45, 7) is 4.93. The molecule has 2 aromatic carbocycles. The maximum absolute atomic E-state index is 10.5. The van der Waals surface area contributed by atoms with E-state index in [1.807, 2.05) is 33.0 Å². The molecule has 2 heteroatoms. The lowest BCUT2D eigenvalue weighted by Gasteiger charge is -2.15. The van der Waals surface area contributed by atoms with Crippen molar-refractivity contribution in [3.05, 3.63) is 70.3 Å². The molecule has 0 amide bonds. The van der Waals surface area contributed by atoms with Crippen LogP contribution in [0.15, 0.2) is 42.5 Å². The Morgan fingerprint density at radius 1 is 1.05 bits per heavy atom. The van der Waals surface area contributed by atoms with Crippen molar-refractivity contribution in [3.63, 3.8) is 0 Å². The monoisotopic (exact) mass is 255 g/mol. The standard InChI is InChI=1S/C17H21NO/c1-12-4-5-13(2)16(10-12)17(19)15-8-6-14(7-9-15)11-18-3/h4-10,17-19H,11H2,1-3H3. The molecule has 2 nitrogen and oxygen atoms in total. The van der Waals surface area contributed by atoms with E-state index in [1.165, 1.54) is 11.1 Å². The predicted molar refractivity (Wildman–Crippen MR) is 79.2 cm³/mol. The first-order valence-electron chi connectivity index (χ1n) is 6.60. The zero-order valence-electron chi connectivity index (χ0n) is 11.8. The van der Waals surface area contributed by atoms with Crippen molar-refractivity contribution >= 4 is 0 Å². The van der Waals surface area contributed by atoms with Crippen LogP contribution in [0.25, 0.3) is 0 Å². The molecule has 0 fully saturated rings. The zero-order chi connectivity index (χ0) is 13.8. The van der Waals surface area contributed by atoms with Gasteiger partial charge in [0.2, 0.25) is 0 Å². The van der Waals surface area contributed by atoms with Crippen molar-refractivity contribution in [1.82, 2.24) is 5.32 Å². The minimum absolute atomic E-state index is 0.552. The first-order valence-corrected chi connectivity index (χ1v) is 6.60. The van der Waals surface area contributed by atoms with Gasteiger partial charge in [0, 0.05) is 6.54 Å². The van der Waals surface area contributed by atoms with Crippen LogP contribution in [0, 0.1) is 13.8 Å². The summed E-state index contributed by atoms with van der Waals surface area (Å²) in [6, 6.07) is 14.3. The van der Waals surface area contributed by atoms with E-state index in [2.05, 4.69) is 35.6 Å². The maximum Gasteiger partial charge on any atom is 0.104 e. The molecule has 0 bridgehead atoms. The molecule has 0 saturated carbocycles. The molecule has 100 valence electrons. The van der Waals surface area contributed by atoms with Gasteiger partial charge in [-0.2, -0.15) is 0 Å². The summed E-state index contributed by atoms with van der Waals surface area (Å²) in [5.74, 6) is 0. The lowest BCUT2D eigenvalue weighted by molar-refractivity contribution is 0.219. The molecule has 1 atom stereocenters. The molecular formula is C17H21NO. The van der Waals surface area contributed by atoms with E-state index in [4.69, 9.17) is 0 Å². The average Bonchev–Trinajstić information content (AvgIpc) is 2.42. The van der Waals surface area contributed by atoms with Gasteiger partial charge in [-0.1, -0.05) is 48.0 Å². The topological polar surface area (TPSA) is 32.3 Å². The van der Waals surface area contributed by atoms with Gasteiger partial charge in [-0.15, -0.1) is 0 Å². The van der Waals surface area contributed by atoms with Gasteiger partial charge >= 0.3 is 0 Å². The quantitative estimate of drug-likeness (QED) is 0.880. The van der Waals surface area contributed by atoms with Crippen molar-refractivity contribution in [2.24, 2.45) is 0 Å². The lowest BCUT2D eigenvalue weighted by Crippen LogP contribution is -2.06. The number of nitrogens with one attached hydrogen (secondary N) is 1. The Hall–Kier alpha value is -1.64. The molecule has 2 rings (SSSR count). The Morgan fingerprint density at radius 3 is 2.37 bits per heavy atom. The van der Waals surface area contributed by atoms with Gasteiger partial charge in [-0.25, -0.2) is 0 Å². The van der Waals surface area contributed by atoms with E-state index in [9.17, 15) is 5.11 Å². The van der Waals surface area contributed by atoms with Gasteiger partial charge < -0.3 is 10.4 Å². The second-order valence-electron chi connectivity index (χ2n) is 5.03. The summed E-state index contributed by atoms with van der Waals surface area (Å²) >= 11 is 0. The minimum Gasteiger partial charge on any atom is -0.384 e. The van der Waals surface area contributed by atoms with Crippen LogP contribution in [-0.2, 0) is 6.54 Å². The fraction of sp³-hybridized carbons (Fsp3) is 0.294. The third-order valence-corrected chi connectivity index (χ3v) is 3.41. The number of hydrogen-bond acceptors (Lipinski definition) is 2. The molecule has 0 aromatic heterocycles. The Balaban J connectivity index is 2.27. The third-order valence-electron chi connectivity index (χ3n) is 3.41. The third kappa shape index (κ3) is 3.22. The Kier molecular flexibility index (Phi) is 4.35. The number of aryl methyl sites for hydroxylation is 2. The minimum atomic E-state index is -0.552. The molecule has 0 saturated heterocycles. The first kappa shape index (κ1) is 13.8. The number of rotatable bonds is 4. The van der Waals surface area contributed by atoms with Crippen molar-refractivity contribution in [3.8, 4) is 0 Å². The summed E-state index contributed by atoms with van der Waals surface area (Å²) in [6.07, 6.45) is -0.552. The molecule has 0 aliphatic carbocycles. The first-order chi connectivity index (χ1) is 9.11. The molecule has 1 unspecified atom stereocenters. The summed E-state index contributed by atoms with van der Waals surface area (Å²) in [5, 5.41) is 13.6. The average molecular weight is 255 g/mol. The van der Waals surface area contributed by atoms with E-state index in [0.717, 1.165) is 23.2 Å². The van der Waals surface area contributed by atoms with E-state index in [-0.39, 0.29) is 0 Å². The van der Waals surface area contributed by atoms with Crippen molar-refractivity contribution in [1.29, 1.82) is 0 Å². The van der Waals surface area contributed by atoms with Crippen LogP contribution < -0.4 is 5.32 Å². The largest absolute Gasteiger partial charge is 0.384 e. The van der Waals surface area contributed by atoms with Gasteiger partial charge in [-0.05, 0) is 43.1 Å². The number of aliphatic hydroxyl groups is 1. The molecular weight excluding hydrogens is 234 g/mol. The molecule has 0 heterocycles. The normalized spacial score (nSPS) is 12.4. The molecule has 0 aliphatic heterocycles. The van der Waals surface area contributed by atoms with E-state index in [0.29, 0.717) is 0 Å². The van der Waals surface area contributed by atoms with E-state index in [1.54, 1.807) is 0 Å². The Morgan fingerprint density at radius 2 is 1.74 bits per heavy atom. The molecule has 0 radical (unpaired) electrons. The highest BCUT2D eigenvalue weighted by molar-refractivity contribution is 5.38. The maximum atomic E-state index is 10.5. The second-order valence-corrected chi connectivity index (χ2v) is 5.03.